The monoisotopic (exact) mass is 460 g/mol. The molecule has 1 aromatic carbocycles. The largest absolute Gasteiger partial charge is 0.506 e. The van der Waals surface area contributed by atoms with Gasteiger partial charge in [0.2, 0.25) is 4.77 Å². The topological polar surface area (TPSA) is 90.3 Å². The number of rotatable bonds is 3. The van der Waals surface area contributed by atoms with Crippen molar-refractivity contribution in [2.45, 2.75) is 25.4 Å². The van der Waals surface area contributed by atoms with E-state index >= 15 is 0 Å². The van der Waals surface area contributed by atoms with Crippen molar-refractivity contribution in [2.24, 2.45) is 5.10 Å². The molecule has 1 aliphatic heterocycles. The standard InChI is InChI=1S/C13H14Br2N6OS/c1-6-2-10(18-17-6)12-19-20-13(23)21(12)16-5-7-3-8(14)4-9(15)11(7)22/h3-6,10,17-18,22H,2H2,1H3,(H,20,23)/b16-5+. The van der Waals surface area contributed by atoms with Crippen molar-refractivity contribution in [3.05, 3.63) is 37.2 Å². The molecule has 0 bridgehead atoms. The Balaban J connectivity index is 1.95. The second-order valence-corrected chi connectivity index (χ2v) is 7.40. The molecular weight excluding hydrogens is 448 g/mol. The number of aromatic amines is 1. The average molecular weight is 462 g/mol. The number of benzene rings is 1. The van der Waals surface area contributed by atoms with Crippen molar-refractivity contribution >= 4 is 50.3 Å². The van der Waals surface area contributed by atoms with Crippen LogP contribution in [-0.4, -0.2) is 32.2 Å². The van der Waals surface area contributed by atoms with Gasteiger partial charge in [-0.15, -0.1) is 0 Å². The molecule has 122 valence electrons. The van der Waals surface area contributed by atoms with Crippen LogP contribution in [0, 0.1) is 4.77 Å². The molecule has 2 atom stereocenters. The Hall–Kier alpha value is -1.07. The summed E-state index contributed by atoms with van der Waals surface area (Å²) < 4.78 is 3.36. The van der Waals surface area contributed by atoms with Crippen LogP contribution in [0.4, 0.5) is 0 Å². The number of nitrogens with zero attached hydrogens (tertiary/aromatic N) is 3. The highest BCUT2D eigenvalue weighted by atomic mass is 79.9. The predicted octanol–water partition coefficient (Wildman–Crippen LogP) is 2.98. The molecule has 2 aromatic rings. The molecule has 0 spiro atoms. The zero-order chi connectivity index (χ0) is 16.6. The first-order valence-corrected chi connectivity index (χ1v) is 8.86. The molecule has 0 radical (unpaired) electrons. The molecule has 1 fully saturated rings. The van der Waals surface area contributed by atoms with E-state index in [2.05, 4.69) is 64.9 Å². The maximum Gasteiger partial charge on any atom is 0.216 e. The summed E-state index contributed by atoms with van der Waals surface area (Å²) in [6.07, 6.45) is 2.42. The quantitative estimate of drug-likeness (QED) is 0.416. The van der Waals surface area contributed by atoms with Crippen LogP contribution in [-0.2, 0) is 0 Å². The molecule has 0 aliphatic carbocycles. The van der Waals surface area contributed by atoms with Crippen LogP contribution < -0.4 is 10.9 Å². The minimum absolute atomic E-state index is 0.0120. The number of hydrazine groups is 1. The highest BCUT2D eigenvalue weighted by Gasteiger charge is 2.26. The zero-order valence-electron chi connectivity index (χ0n) is 12.0. The van der Waals surface area contributed by atoms with Crippen LogP contribution in [0.15, 0.2) is 26.2 Å². The third kappa shape index (κ3) is 3.56. The highest BCUT2D eigenvalue weighted by molar-refractivity contribution is 9.11. The van der Waals surface area contributed by atoms with E-state index in [1.165, 1.54) is 0 Å². The smallest absolute Gasteiger partial charge is 0.216 e. The molecule has 7 nitrogen and oxygen atoms in total. The molecular formula is C13H14Br2N6OS. The van der Waals surface area contributed by atoms with Gasteiger partial charge in [-0.3, -0.25) is 10.5 Å². The molecule has 2 unspecified atom stereocenters. The van der Waals surface area contributed by atoms with Gasteiger partial charge in [-0.1, -0.05) is 15.9 Å². The summed E-state index contributed by atoms with van der Waals surface area (Å²) in [5, 5.41) is 21.5. The fourth-order valence-corrected chi connectivity index (χ4v) is 3.77. The van der Waals surface area contributed by atoms with E-state index in [0.717, 1.165) is 10.9 Å². The molecule has 2 heterocycles. The van der Waals surface area contributed by atoms with E-state index in [1.54, 1.807) is 23.0 Å². The summed E-state index contributed by atoms with van der Waals surface area (Å²) in [5.41, 5.74) is 6.87. The van der Waals surface area contributed by atoms with Crippen LogP contribution in [0.1, 0.15) is 30.8 Å². The molecule has 3 rings (SSSR count). The van der Waals surface area contributed by atoms with Gasteiger partial charge in [0, 0.05) is 16.1 Å². The van der Waals surface area contributed by atoms with E-state index in [-0.39, 0.29) is 11.8 Å². The average Bonchev–Trinajstić information content (AvgIpc) is 3.07. The summed E-state index contributed by atoms with van der Waals surface area (Å²) >= 11 is 11.9. The SMILES string of the molecule is CC1CC(c2n[nH]c(=S)n2/N=C/c2cc(Br)cc(Br)c2O)NN1. The lowest BCUT2D eigenvalue weighted by atomic mass is 10.1. The number of hydrogen-bond acceptors (Lipinski definition) is 6. The highest BCUT2D eigenvalue weighted by Crippen LogP contribution is 2.30. The van der Waals surface area contributed by atoms with Gasteiger partial charge in [0.15, 0.2) is 5.82 Å². The summed E-state index contributed by atoms with van der Waals surface area (Å²) in [4.78, 5) is 0. The van der Waals surface area contributed by atoms with E-state index in [9.17, 15) is 5.11 Å². The number of hydrogen-bond donors (Lipinski definition) is 4. The minimum atomic E-state index is 0.0120. The Kier molecular flexibility index (Phi) is 4.97. The number of H-pyrrole nitrogens is 1. The van der Waals surface area contributed by atoms with Crippen molar-refractivity contribution in [1.29, 1.82) is 0 Å². The van der Waals surface area contributed by atoms with Crippen molar-refractivity contribution < 1.29 is 5.11 Å². The maximum atomic E-state index is 10.1. The molecule has 0 amide bonds. The molecule has 1 aromatic heterocycles. The first-order chi connectivity index (χ1) is 11.0. The van der Waals surface area contributed by atoms with Gasteiger partial charge in [0.25, 0.3) is 0 Å². The minimum Gasteiger partial charge on any atom is -0.506 e. The number of phenols is 1. The summed E-state index contributed by atoms with van der Waals surface area (Å²) in [7, 11) is 0. The Morgan fingerprint density at radius 3 is 2.91 bits per heavy atom. The van der Waals surface area contributed by atoms with Crippen LogP contribution >= 0.6 is 44.1 Å². The maximum absolute atomic E-state index is 10.1. The molecule has 1 saturated heterocycles. The van der Waals surface area contributed by atoms with Crippen molar-refractivity contribution in [3.8, 4) is 5.75 Å². The molecule has 23 heavy (non-hydrogen) atoms. The second-order valence-electron chi connectivity index (χ2n) is 5.25. The van der Waals surface area contributed by atoms with Crippen molar-refractivity contribution in [1.82, 2.24) is 25.7 Å². The number of nitrogens with one attached hydrogen (secondary N) is 3. The Bertz CT molecular complexity index is 817. The van der Waals surface area contributed by atoms with Crippen LogP contribution in [0.25, 0.3) is 0 Å². The summed E-state index contributed by atoms with van der Waals surface area (Å²) in [6.45, 7) is 2.08. The first-order valence-electron chi connectivity index (χ1n) is 6.86. The Labute approximate surface area is 154 Å². The molecule has 1 aliphatic rings. The predicted molar refractivity (Wildman–Crippen MR) is 97.0 cm³/mol. The number of phenolic OH excluding ortho intramolecular Hbond substituents is 1. The van der Waals surface area contributed by atoms with Crippen molar-refractivity contribution in [2.75, 3.05) is 0 Å². The van der Waals surface area contributed by atoms with Gasteiger partial charge < -0.3 is 5.11 Å². The van der Waals surface area contributed by atoms with Gasteiger partial charge in [-0.2, -0.15) is 14.9 Å². The Morgan fingerprint density at radius 2 is 2.22 bits per heavy atom. The first kappa shape index (κ1) is 16.8. The van der Waals surface area contributed by atoms with Crippen LogP contribution in [0.5, 0.6) is 5.75 Å². The van der Waals surface area contributed by atoms with E-state index in [4.69, 9.17) is 12.2 Å². The van der Waals surface area contributed by atoms with Gasteiger partial charge in [0.1, 0.15) is 5.75 Å². The second kappa shape index (κ2) is 6.81. The lowest BCUT2D eigenvalue weighted by Gasteiger charge is -2.08. The lowest BCUT2D eigenvalue weighted by Crippen LogP contribution is -2.29. The molecule has 4 N–H and O–H groups in total. The fraction of sp³-hybridized carbons (Fsp3) is 0.308. The van der Waals surface area contributed by atoms with Crippen LogP contribution in [0.2, 0.25) is 0 Å². The normalized spacial score (nSPS) is 21.3. The third-order valence-corrected chi connectivity index (χ3v) is 4.78. The van der Waals surface area contributed by atoms with Gasteiger partial charge in [0.05, 0.1) is 16.7 Å². The van der Waals surface area contributed by atoms with Crippen LogP contribution in [0.3, 0.4) is 0 Å². The number of aromatic hydroxyl groups is 1. The molecule has 10 heteroatoms. The van der Waals surface area contributed by atoms with Crippen molar-refractivity contribution in [3.63, 3.8) is 0 Å². The van der Waals surface area contributed by atoms with E-state index in [0.29, 0.717) is 26.7 Å². The summed E-state index contributed by atoms with van der Waals surface area (Å²) in [6, 6.07) is 3.88. The third-order valence-electron chi connectivity index (χ3n) is 3.45. The number of aromatic nitrogens is 3. The Morgan fingerprint density at radius 1 is 1.43 bits per heavy atom. The number of halogens is 2. The van der Waals surface area contributed by atoms with E-state index < -0.39 is 0 Å². The van der Waals surface area contributed by atoms with Gasteiger partial charge in [-0.05, 0) is 53.6 Å². The zero-order valence-corrected chi connectivity index (χ0v) is 16.0. The fourth-order valence-electron chi connectivity index (χ4n) is 2.33. The summed E-state index contributed by atoms with van der Waals surface area (Å²) in [5.74, 6) is 0.805. The lowest BCUT2D eigenvalue weighted by molar-refractivity contribution is 0.471. The molecule has 0 saturated carbocycles. The van der Waals surface area contributed by atoms with Gasteiger partial charge >= 0.3 is 0 Å². The van der Waals surface area contributed by atoms with Gasteiger partial charge in [-0.25, -0.2) is 5.43 Å². The van der Waals surface area contributed by atoms with E-state index in [1.807, 2.05) is 0 Å².